The van der Waals surface area contributed by atoms with Crippen molar-refractivity contribution < 1.29 is 0 Å². The molecule has 1 aromatic heterocycles. The van der Waals surface area contributed by atoms with Crippen molar-refractivity contribution in [2.75, 3.05) is 0 Å². The van der Waals surface area contributed by atoms with Crippen LogP contribution < -0.4 is 0 Å². The molecule has 0 fully saturated rings. The molecule has 0 aromatic carbocycles. The highest BCUT2D eigenvalue weighted by Gasteiger charge is 2.17. The Hall–Kier alpha value is -1.23. The fourth-order valence-corrected chi connectivity index (χ4v) is 0.969. The first-order valence-electron chi connectivity index (χ1n) is 3.96. The number of hydrogen-bond acceptors (Lipinski definition) is 1. The SMILES string of the molecule is C#Cc1cc(C(C)(C)C)nn1C. The average molecular weight is 162 g/mol. The summed E-state index contributed by atoms with van der Waals surface area (Å²) in [6.45, 7) is 6.36. The van der Waals surface area contributed by atoms with Gasteiger partial charge < -0.3 is 0 Å². The maximum Gasteiger partial charge on any atom is 0.110 e. The van der Waals surface area contributed by atoms with Crippen molar-refractivity contribution in [3.63, 3.8) is 0 Å². The molecule has 0 atom stereocenters. The molecule has 0 saturated heterocycles. The molecule has 0 bridgehead atoms. The van der Waals surface area contributed by atoms with Gasteiger partial charge in [0.1, 0.15) is 5.69 Å². The van der Waals surface area contributed by atoms with Gasteiger partial charge in [-0.1, -0.05) is 26.7 Å². The van der Waals surface area contributed by atoms with Gasteiger partial charge in [-0.05, 0) is 6.07 Å². The van der Waals surface area contributed by atoms with Gasteiger partial charge in [0.15, 0.2) is 0 Å². The van der Waals surface area contributed by atoms with Crippen molar-refractivity contribution in [2.24, 2.45) is 7.05 Å². The highest BCUT2D eigenvalue weighted by atomic mass is 15.3. The lowest BCUT2D eigenvalue weighted by molar-refractivity contribution is 0.553. The second kappa shape index (κ2) is 2.67. The third kappa shape index (κ3) is 1.50. The molecule has 0 aliphatic carbocycles. The number of nitrogens with zero attached hydrogens (tertiary/aromatic N) is 2. The van der Waals surface area contributed by atoms with Crippen LogP contribution in [0, 0.1) is 12.3 Å². The van der Waals surface area contributed by atoms with E-state index >= 15 is 0 Å². The van der Waals surface area contributed by atoms with Crippen LogP contribution in [0.5, 0.6) is 0 Å². The largest absolute Gasteiger partial charge is 0.260 e. The van der Waals surface area contributed by atoms with Gasteiger partial charge in [0.2, 0.25) is 0 Å². The van der Waals surface area contributed by atoms with E-state index in [1.165, 1.54) is 0 Å². The molecule has 1 rings (SSSR count). The summed E-state index contributed by atoms with van der Waals surface area (Å²) in [5.74, 6) is 2.59. The summed E-state index contributed by atoms with van der Waals surface area (Å²) in [5.41, 5.74) is 1.95. The van der Waals surface area contributed by atoms with Crippen LogP contribution in [0.4, 0.5) is 0 Å². The topological polar surface area (TPSA) is 17.8 Å². The average Bonchev–Trinajstić information content (AvgIpc) is 2.29. The van der Waals surface area contributed by atoms with E-state index in [0.717, 1.165) is 11.4 Å². The van der Waals surface area contributed by atoms with E-state index in [1.807, 2.05) is 13.1 Å². The Morgan fingerprint density at radius 2 is 2.08 bits per heavy atom. The van der Waals surface area contributed by atoms with E-state index in [4.69, 9.17) is 6.42 Å². The Labute approximate surface area is 73.6 Å². The zero-order valence-electron chi connectivity index (χ0n) is 8.05. The smallest absolute Gasteiger partial charge is 0.110 e. The van der Waals surface area contributed by atoms with Gasteiger partial charge >= 0.3 is 0 Å². The van der Waals surface area contributed by atoms with E-state index in [0.29, 0.717) is 0 Å². The molecule has 1 heterocycles. The van der Waals surface area contributed by atoms with Crippen LogP contribution >= 0.6 is 0 Å². The fraction of sp³-hybridized carbons (Fsp3) is 0.500. The van der Waals surface area contributed by atoms with Gasteiger partial charge in [-0.15, -0.1) is 6.42 Å². The van der Waals surface area contributed by atoms with Crippen molar-refractivity contribution in [3.8, 4) is 12.3 Å². The maximum atomic E-state index is 5.30. The second-order valence-electron chi connectivity index (χ2n) is 3.93. The Morgan fingerprint density at radius 3 is 2.33 bits per heavy atom. The lowest BCUT2D eigenvalue weighted by Gasteiger charge is -2.13. The molecule has 0 amide bonds. The predicted octanol–water partition coefficient (Wildman–Crippen LogP) is 1.70. The maximum absolute atomic E-state index is 5.30. The minimum absolute atomic E-state index is 0.0762. The molecule has 0 radical (unpaired) electrons. The minimum atomic E-state index is 0.0762. The minimum Gasteiger partial charge on any atom is -0.260 e. The van der Waals surface area contributed by atoms with Crippen molar-refractivity contribution in [2.45, 2.75) is 26.2 Å². The summed E-state index contributed by atoms with van der Waals surface area (Å²) in [6.07, 6.45) is 5.30. The van der Waals surface area contributed by atoms with E-state index in [2.05, 4.69) is 31.8 Å². The van der Waals surface area contributed by atoms with Crippen LogP contribution in [0.15, 0.2) is 6.07 Å². The van der Waals surface area contributed by atoms with Gasteiger partial charge in [0.05, 0.1) is 5.69 Å². The van der Waals surface area contributed by atoms with Crippen molar-refractivity contribution in [1.29, 1.82) is 0 Å². The van der Waals surface area contributed by atoms with Crippen LogP contribution in [0.3, 0.4) is 0 Å². The van der Waals surface area contributed by atoms with Gasteiger partial charge in [-0.2, -0.15) is 5.10 Å². The number of aryl methyl sites for hydroxylation is 1. The third-order valence-electron chi connectivity index (χ3n) is 1.80. The van der Waals surface area contributed by atoms with Crippen LogP contribution in [-0.4, -0.2) is 9.78 Å². The standard InChI is InChI=1S/C10H14N2/c1-6-8-7-9(10(2,3)4)11-12(8)5/h1,7H,2-5H3. The highest BCUT2D eigenvalue weighted by Crippen LogP contribution is 2.20. The molecule has 0 aliphatic heterocycles. The summed E-state index contributed by atoms with van der Waals surface area (Å²) >= 11 is 0. The molecule has 0 unspecified atom stereocenters. The van der Waals surface area contributed by atoms with Crippen LogP contribution in [0.25, 0.3) is 0 Å². The van der Waals surface area contributed by atoms with E-state index in [-0.39, 0.29) is 5.41 Å². The summed E-state index contributed by atoms with van der Waals surface area (Å²) in [6, 6.07) is 1.96. The molecule has 0 N–H and O–H groups in total. The predicted molar refractivity (Wildman–Crippen MR) is 49.8 cm³/mol. The molecule has 2 nitrogen and oxygen atoms in total. The molecule has 0 spiro atoms. The number of rotatable bonds is 0. The van der Waals surface area contributed by atoms with Crippen LogP contribution in [0.2, 0.25) is 0 Å². The highest BCUT2D eigenvalue weighted by molar-refractivity contribution is 5.29. The fourth-order valence-electron chi connectivity index (χ4n) is 0.969. The Morgan fingerprint density at radius 1 is 1.50 bits per heavy atom. The molecular formula is C10H14N2. The molecule has 0 aliphatic rings. The third-order valence-corrected chi connectivity index (χ3v) is 1.80. The summed E-state index contributed by atoms with van der Waals surface area (Å²) in [7, 11) is 1.87. The Balaban J connectivity index is 3.16. The monoisotopic (exact) mass is 162 g/mol. The van der Waals surface area contributed by atoms with Gasteiger partial charge in [-0.3, -0.25) is 4.68 Å². The lowest BCUT2D eigenvalue weighted by Crippen LogP contribution is -2.12. The summed E-state index contributed by atoms with van der Waals surface area (Å²) < 4.78 is 1.74. The van der Waals surface area contributed by atoms with Gasteiger partial charge in [-0.25, -0.2) is 0 Å². The zero-order chi connectivity index (χ0) is 9.35. The first-order valence-corrected chi connectivity index (χ1v) is 3.96. The first kappa shape index (κ1) is 8.86. The van der Waals surface area contributed by atoms with Crippen molar-refractivity contribution in [1.82, 2.24) is 9.78 Å². The molecule has 64 valence electrons. The molecular weight excluding hydrogens is 148 g/mol. The normalized spacial score (nSPS) is 11.2. The number of aromatic nitrogens is 2. The summed E-state index contributed by atoms with van der Waals surface area (Å²) in [4.78, 5) is 0. The second-order valence-corrected chi connectivity index (χ2v) is 3.93. The van der Waals surface area contributed by atoms with Crippen molar-refractivity contribution in [3.05, 3.63) is 17.5 Å². The first-order chi connectivity index (χ1) is 5.45. The lowest BCUT2D eigenvalue weighted by atomic mass is 9.92. The molecule has 0 saturated carbocycles. The Bertz CT molecular complexity index is 321. The number of hydrogen-bond donors (Lipinski definition) is 0. The van der Waals surface area contributed by atoms with Gasteiger partial charge in [0.25, 0.3) is 0 Å². The zero-order valence-corrected chi connectivity index (χ0v) is 8.05. The van der Waals surface area contributed by atoms with E-state index in [1.54, 1.807) is 4.68 Å². The summed E-state index contributed by atoms with van der Waals surface area (Å²) in [5, 5.41) is 4.33. The molecule has 2 heteroatoms. The molecule has 1 aromatic rings. The quantitative estimate of drug-likeness (QED) is 0.531. The van der Waals surface area contributed by atoms with Crippen LogP contribution in [-0.2, 0) is 12.5 Å². The van der Waals surface area contributed by atoms with E-state index < -0.39 is 0 Å². The number of terminal acetylenes is 1. The van der Waals surface area contributed by atoms with E-state index in [9.17, 15) is 0 Å². The molecule has 12 heavy (non-hydrogen) atoms. The van der Waals surface area contributed by atoms with Crippen molar-refractivity contribution >= 4 is 0 Å². The van der Waals surface area contributed by atoms with Crippen LogP contribution in [0.1, 0.15) is 32.2 Å². The van der Waals surface area contributed by atoms with Gasteiger partial charge in [0, 0.05) is 12.5 Å². The Kier molecular flexibility index (Phi) is 1.97.